The predicted molar refractivity (Wildman–Crippen MR) is 119 cm³/mol. The minimum absolute atomic E-state index is 0.207. The van der Waals surface area contributed by atoms with Gasteiger partial charge in [0.05, 0.1) is 0 Å². The van der Waals surface area contributed by atoms with Gasteiger partial charge in [-0.1, -0.05) is 37.3 Å². The van der Waals surface area contributed by atoms with Crippen LogP contribution in [-0.2, 0) is 30.7 Å². The van der Waals surface area contributed by atoms with Crippen molar-refractivity contribution in [2.24, 2.45) is 0 Å². The number of benzene rings is 1. The van der Waals surface area contributed by atoms with Gasteiger partial charge in [-0.25, -0.2) is 0 Å². The van der Waals surface area contributed by atoms with Gasteiger partial charge < -0.3 is 19.5 Å². The smallest absolute Gasteiger partial charge is 0.263 e. The zero-order valence-corrected chi connectivity index (χ0v) is 18.5. The molecule has 1 aromatic carbocycles. The molecule has 1 aliphatic heterocycles. The molecule has 3 rings (SSSR count). The Bertz CT molecular complexity index is 1000. The Kier molecular flexibility index (Phi) is 7.28. The van der Waals surface area contributed by atoms with Crippen LogP contribution in [0.2, 0.25) is 0 Å². The van der Waals surface area contributed by atoms with Crippen LogP contribution < -0.4 is 5.56 Å². The zero-order valence-electron chi connectivity index (χ0n) is 18.5. The molecule has 0 bridgehead atoms. The number of rotatable bonds is 7. The van der Waals surface area contributed by atoms with Crippen LogP contribution >= 0.6 is 0 Å². The number of aliphatic hydroxyl groups is 1. The summed E-state index contributed by atoms with van der Waals surface area (Å²) in [6, 6.07) is 9.87. The summed E-state index contributed by atoms with van der Waals surface area (Å²) in [6.07, 6.45) is 2.18. The molecule has 0 aliphatic carbocycles. The second-order valence-electron chi connectivity index (χ2n) is 8.00. The van der Waals surface area contributed by atoms with Crippen molar-refractivity contribution in [1.29, 1.82) is 0 Å². The van der Waals surface area contributed by atoms with Gasteiger partial charge in [0.1, 0.15) is 11.7 Å². The number of nitrogens with zero attached hydrogens (tertiary/aromatic N) is 3. The predicted octanol–water partition coefficient (Wildman–Crippen LogP) is 1.84. The van der Waals surface area contributed by atoms with Crippen LogP contribution in [0.25, 0.3) is 0 Å². The number of fused-ring (bicyclic) bond motifs is 1. The molecule has 1 unspecified atom stereocenters. The highest BCUT2D eigenvalue weighted by Crippen LogP contribution is 2.23. The molecule has 0 spiro atoms. The van der Waals surface area contributed by atoms with Crippen molar-refractivity contribution < 1.29 is 14.7 Å². The first kappa shape index (κ1) is 22.7. The summed E-state index contributed by atoms with van der Waals surface area (Å²) >= 11 is 0. The number of carbonyl (C=O) groups excluding carboxylic acids is 2. The highest BCUT2D eigenvalue weighted by molar-refractivity contribution is 5.95. The quantitative estimate of drug-likeness (QED) is 0.734. The van der Waals surface area contributed by atoms with Crippen LogP contribution in [0.4, 0.5) is 0 Å². The second kappa shape index (κ2) is 9.92. The SMILES string of the molecule is CCC(O)C(=O)N1CCc2c(cn(CCc3ccccc3)c(=O)c2C(=O)N(C)CC)C1. The molecule has 1 N–H and O–H groups in total. The van der Waals surface area contributed by atoms with Crippen molar-refractivity contribution in [2.75, 3.05) is 20.1 Å². The maximum atomic E-state index is 13.3. The number of hydrogen-bond acceptors (Lipinski definition) is 4. The largest absolute Gasteiger partial charge is 0.383 e. The van der Waals surface area contributed by atoms with Gasteiger partial charge >= 0.3 is 0 Å². The minimum atomic E-state index is -1.03. The summed E-state index contributed by atoms with van der Waals surface area (Å²) in [5, 5.41) is 9.98. The third-order valence-corrected chi connectivity index (χ3v) is 5.97. The average molecular weight is 426 g/mol. The van der Waals surface area contributed by atoms with Gasteiger partial charge in [-0.05, 0) is 42.9 Å². The van der Waals surface area contributed by atoms with Gasteiger partial charge in [0.15, 0.2) is 0 Å². The number of hydrogen-bond donors (Lipinski definition) is 1. The Balaban J connectivity index is 1.99. The standard InChI is InChI=1S/C24H31N3O4/c1-4-20(28)22(29)26-14-12-19-18(15-26)16-27(13-11-17-9-7-6-8-10-17)24(31)21(19)23(30)25(3)5-2/h6-10,16,20,28H,4-5,11-15H2,1-3H3. The van der Waals surface area contributed by atoms with E-state index in [2.05, 4.69) is 0 Å². The maximum Gasteiger partial charge on any atom is 0.263 e. The number of aryl methyl sites for hydroxylation is 2. The third-order valence-electron chi connectivity index (χ3n) is 5.97. The molecule has 1 aromatic heterocycles. The zero-order chi connectivity index (χ0) is 22.5. The van der Waals surface area contributed by atoms with Crippen LogP contribution in [0, 0.1) is 0 Å². The molecular formula is C24H31N3O4. The Morgan fingerprint density at radius 3 is 2.55 bits per heavy atom. The van der Waals surface area contributed by atoms with Crippen molar-refractivity contribution in [3.05, 3.63) is 69.1 Å². The topological polar surface area (TPSA) is 82.8 Å². The van der Waals surface area contributed by atoms with Crippen LogP contribution in [-0.4, -0.2) is 57.5 Å². The van der Waals surface area contributed by atoms with E-state index in [0.717, 1.165) is 16.7 Å². The van der Waals surface area contributed by atoms with Gasteiger partial charge in [-0.2, -0.15) is 0 Å². The fourth-order valence-corrected chi connectivity index (χ4v) is 3.90. The molecule has 2 amide bonds. The van der Waals surface area contributed by atoms with Crippen molar-refractivity contribution in [3.8, 4) is 0 Å². The fraction of sp³-hybridized carbons (Fsp3) is 0.458. The highest BCUT2D eigenvalue weighted by atomic mass is 16.3. The number of amides is 2. The third kappa shape index (κ3) is 4.88. The summed E-state index contributed by atoms with van der Waals surface area (Å²) < 4.78 is 1.59. The lowest BCUT2D eigenvalue weighted by molar-refractivity contribution is -0.141. The van der Waals surface area contributed by atoms with Crippen molar-refractivity contribution in [1.82, 2.24) is 14.4 Å². The van der Waals surface area contributed by atoms with Crippen molar-refractivity contribution in [2.45, 2.75) is 52.3 Å². The molecule has 31 heavy (non-hydrogen) atoms. The first-order chi connectivity index (χ1) is 14.9. The van der Waals surface area contributed by atoms with Crippen molar-refractivity contribution in [3.63, 3.8) is 0 Å². The van der Waals surface area contributed by atoms with E-state index in [1.54, 1.807) is 29.6 Å². The van der Waals surface area contributed by atoms with Gasteiger partial charge in [0.25, 0.3) is 17.4 Å². The number of aromatic nitrogens is 1. The number of carbonyl (C=O) groups is 2. The first-order valence-corrected chi connectivity index (χ1v) is 10.9. The molecule has 0 radical (unpaired) electrons. The molecule has 7 nitrogen and oxygen atoms in total. The maximum absolute atomic E-state index is 13.3. The summed E-state index contributed by atoms with van der Waals surface area (Å²) in [5.41, 5.74) is 2.55. The van der Waals surface area contributed by atoms with E-state index in [-0.39, 0.29) is 29.5 Å². The molecule has 7 heteroatoms. The summed E-state index contributed by atoms with van der Waals surface area (Å²) in [7, 11) is 1.69. The van der Waals surface area contributed by atoms with E-state index in [1.165, 1.54) is 4.90 Å². The van der Waals surface area contributed by atoms with Crippen LogP contribution in [0.3, 0.4) is 0 Å². The lowest BCUT2D eigenvalue weighted by atomic mass is 9.95. The van der Waals surface area contributed by atoms with E-state index >= 15 is 0 Å². The minimum Gasteiger partial charge on any atom is -0.383 e. The molecule has 1 atom stereocenters. The van der Waals surface area contributed by atoms with E-state index in [9.17, 15) is 19.5 Å². The lowest BCUT2D eigenvalue weighted by Gasteiger charge is -2.32. The van der Waals surface area contributed by atoms with Crippen LogP contribution in [0.5, 0.6) is 0 Å². The Labute approximate surface area is 182 Å². The van der Waals surface area contributed by atoms with E-state index < -0.39 is 6.10 Å². The Morgan fingerprint density at radius 2 is 1.90 bits per heavy atom. The van der Waals surface area contributed by atoms with E-state index in [0.29, 0.717) is 38.9 Å². The highest BCUT2D eigenvalue weighted by Gasteiger charge is 2.30. The molecule has 2 aromatic rings. The molecule has 0 fully saturated rings. The molecule has 166 valence electrons. The van der Waals surface area contributed by atoms with E-state index in [4.69, 9.17) is 0 Å². The monoisotopic (exact) mass is 425 g/mol. The molecule has 0 saturated heterocycles. The van der Waals surface area contributed by atoms with E-state index in [1.807, 2.05) is 37.3 Å². The van der Waals surface area contributed by atoms with Crippen LogP contribution in [0.15, 0.2) is 41.3 Å². The number of aliphatic hydroxyl groups excluding tert-OH is 1. The average Bonchev–Trinajstić information content (AvgIpc) is 2.81. The van der Waals surface area contributed by atoms with Crippen LogP contribution in [0.1, 0.15) is 47.3 Å². The molecular weight excluding hydrogens is 394 g/mol. The van der Waals surface area contributed by atoms with Gasteiger partial charge in [0.2, 0.25) is 0 Å². The fourth-order valence-electron chi connectivity index (χ4n) is 3.90. The van der Waals surface area contributed by atoms with Gasteiger partial charge in [-0.15, -0.1) is 0 Å². The molecule has 1 aliphatic rings. The van der Waals surface area contributed by atoms with Gasteiger partial charge in [-0.3, -0.25) is 14.4 Å². The number of pyridine rings is 1. The molecule has 0 saturated carbocycles. The normalized spacial score (nSPS) is 14.1. The second-order valence-corrected chi connectivity index (χ2v) is 8.00. The Morgan fingerprint density at radius 1 is 1.19 bits per heavy atom. The summed E-state index contributed by atoms with van der Waals surface area (Å²) in [4.78, 5) is 42.0. The lowest BCUT2D eigenvalue weighted by Crippen LogP contribution is -2.44. The summed E-state index contributed by atoms with van der Waals surface area (Å²) in [6.45, 7) is 5.24. The van der Waals surface area contributed by atoms with Gasteiger partial charge in [0, 0.05) is 39.4 Å². The molecule has 2 heterocycles. The van der Waals surface area contributed by atoms with Crippen molar-refractivity contribution >= 4 is 11.8 Å². The summed E-state index contributed by atoms with van der Waals surface area (Å²) in [5.74, 6) is -0.597. The first-order valence-electron chi connectivity index (χ1n) is 10.9. The Hall–Kier alpha value is -2.93.